The van der Waals surface area contributed by atoms with Gasteiger partial charge in [0.2, 0.25) is 0 Å². The minimum Gasteiger partial charge on any atom is -0.355 e. The molecule has 0 aliphatic rings. The molecule has 3 nitrogen and oxygen atoms in total. The second-order valence-corrected chi connectivity index (χ2v) is 5.65. The maximum atomic E-state index is 12.0. The molecule has 0 spiro atoms. The molecule has 0 bridgehead atoms. The lowest BCUT2D eigenvalue weighted by molar-refractivity contribution is 0.0962. The zero-order valence-corrected chi connectivity index (χ0v) is 13.6. The van der Waals surface area contributed by atoms with E-state index in [2.05, 4.69) is 27.9 Å². The Morgan fingerprint density at radius 1 is 0.952 bits per heavy atom. The molecule has 0 unspecified atom stereocenters. The number of amides is 1. The number of hydrogen-bond donors (Lipinski definition) is 1. The summed E-state index contributed by atoms with van der Waals surface area (Å²) < 4.78 is 1.10. The summed E-state index contributed by atoms with van der Waals surface area (Å²) in [7, 11) is 1.59. The molecule has 0 aliphatic heterocycles. The quantitative estimate of drug-likeness (QED) is 0.492. The van der Waals surface area contributed by atoms with Crippen LogP contribution in [0.5, 0.6) is 0 Å². The van der Waals surface area contributed by atoms with Crippen LogP contribution in [0.25, 0.3) is 6.08 Å². The third kappa shape index (κ3) is 4.26. The molecule has 0 fully saturated rings. The smallest absolute Gasteiger partial charge is 0.251 e. The topological polar surface area (TPSA) is 46.2 Å². The number of nitrogens with one attached hydrogen (secondary N) is 1. The van der Waals surface area contributed by atoms with E-state index in [9.17, 15) is 9.59 Å². The number of hydrogen-bond acceptors (Lipinski definition) is 2. The number of rotatable bonds is 4. The van der Waals surface area contributed by atoms with Gasteiger partial charge in [-0.2, -0.15) is 0 Å². The van der Waals surface area contributed by atoms with Gasteiger partial charge in [0.15, 0.2) is 5.78 Å². The van der Waals surface area contributed by atoms with Crippen molar-refractivity contribution in [1.29, 1.82) is 0 Å². The minimum absolute atomic E-state index is 0.0400. The summed E-state index contributed by atoms with van der Waals surface area (Å²) >= 11 is 2.20. The Kier molecular flexibility index (Phi) is 5.27. The van der Waals surface area contributed by atoms with Gasteiger partial charge in [0, 0.05) is 21.7 Å². The number of ketones is 1. The first-order valence-corrected chi connectivity index (χ1v) is 7.48. The summed E-state index contributed by atoms with van der Waals surface area (Å²) in [6.45, 7) is 0. The lowest BCUT2D eigenvalue weighted by atomic mass is 10.1. The second-order valence-electron chi connectivity index (χ2n) is 4.41. The molecular weight excluding hydrogens is 377 g/mol. The summed E-state index contributed by atoms with van der Waals surface area (Å²) in [6, 6.07) is 14.5. The molecule has 2 aromatic rings. The van der Waals surface area contributed by atoms with E-state index in [-0.39, 0.29) is 11.7 Å². The van der Waals surface area contributed by atoms with Gasteiger partial charge in [0.25, 0.3) is 5.91 Å². The SMILES string of the molecule is CNC(=O)c1ccc(/C=C/C(=O)c2ccc(I)cc2)cc1. The first kappa shape index (κ1) is 15.4. The summed E-state index contributed by atoms with van der Waals surface area (Å²) in [5.41, 5.74) is 2.13. The van der Waals surface area contributed by atoms with Crippen LogP contribution < -0.4 is 5.32 Å². The molecular formula is C17H14INO2. The molecule has 0 aromatic heterocycles. The second kappa shape index (κ2) is 7.17. The number of benzene rings is 2. The summed E-state index contributed by atoms with van der Waals surface area (Å²) in [4.78, 5) is 23.4. The Morgan fingerprint density at radius 3 is 2.10 bits per heavy atom. The average molecular weight is 391 g/mol. The van der Waals surface area contributed by atoms with E-state index in [1.165, 1.54) is 6.08 Å². The van der Waals surface area contributed by atoms with E-state index < -0.39 is 0 Å². The Hall–Kier alpha value is -1.95. The summed E-state index contributed by atoms with van der Waals surface area (Å²) in [5, 5.41) is 2.57. The molecule has 1 amide bonds. The Morgan fingerprint density at radius 2 is 1.52 bits per heavy atom. The zero-order chi connectivity index (χ0) is 15.2. The van der Waals surface area contributed by atoms with E-state index in [0.29, 0.717) is 11.1 Å². The van der Waals surface area contributed by atoms with Gasteiger partial charge in [0.05, 0.1) is 0 Å². The minimum atomic E-state index is -0.125. The van der Waals surface area contributed by atoms with Crippen molar-refractivity contribution in [1.82, 2.24) is 5.32 Å². The number of carbonyl (C=O) groups is 2. The van der Waals surface area contributed by atoms with E-state index in [0.717, 1.165) is 9.13 Å². The van der Waals surface area contributed by atoms with Gasteiger partial charge in [-0.1, -0.05) is 30.3 Å². The van der Waals surface area contributed by atoms with E-state index in [4.69, 9.17) is 0 Å². The van der Waals surface area contributed by atoms with Crippen LogP contribution >= 0.6 is 22.6 Å². The Balaban J connectivity index is 2.08. The largest absolute Gasteiger partial charge is 0.355 e. The maximum Gasteiger partial charge on any atom is 0.251 e. The van der Waals surface area contributed by atoms with Gasteiger partial charge < -0.3 is 5.32 Å². The van der Waals surface area contributed by atoms with Gasteiger partial charge in [-0.25, -0.2) is 0 Å². The van der Waals surface area contributed by atoms with E-state index in [1.54, 1.807) is 25.3 Å². The molecule has 1 N–H and O–H groups in total. The van der Waals surface area contributed by atoms with Crippen LogP contribution in [-0.4, -0.2) is 18.7 Å². The number of carbonyl (C=O) groups excluding carboxylic acids is 2. The van der Waals surface area contributed by atoms with Crippen LogP contribution in [0.1, 0.15) is 26.3 Å². The molecule has 0 heterocycles. The Labute approximate surface area is 137 Å². The van der Waals surface area contributed by atoms with Crippen LogP contribution in [0.15, 0.2) is 54.6 Å². The fraction of sp³-hybridized carbons (Fsp3) is 0.0588. The van der Waals surface area contributed by atoms with Crippen molar-refractivity contribution in [2.75, 3.05) is 7.05 Å². The highest BCUT2D eigenvalue weighted by Crippen LogP contribution is 2.10. The van der Waals surface area contributed by atoms with E-state index >= 15 is 0 Å². The molecule has 2 rings (SSSR count). The highest BCUT2D eigenvalue weighted by atomic mass is 127. The summed E-state index contributed by atoms with van der Waals surface area (Å²) in [5.74, 6) is -0.165. The highest BCUT2D eigenvalue weighted by molar-refractivity contribution is 14.1. The average Bonchev–Trinajstić information content (AvgIpc) is 2.53. The third-order valence-electron chi connectivity index (χ3n) is 2.96. The lowest BCUT2D eigenvalue weighted by Crippen LogP contribution is -2.17. The monoisotopic (exact) mass is 391 g/mol. The van der Waals surface area contributed by atoms with Crippen molar-refractivity contribution < 1.29 is 9.59 Å². The molecule has 2 aromatic carbocycles. The molecule has 106 valence electrons. The van der Waals surface area contributed by atoms with Crippen molar-refractivity contribution in [2.45, 2.75) is 0 Å². The van der Waals surface area contributed by atoms with Crippen LogP contribution in [0.4, 0.5) is 0 Å². The number of halogens is 1. The van der Waals surface area contributed by atoms with Crippen molar-refractivity contribution in [3.63, 3.8) is 0 Å². The molecule has 0 aliphatic carbocycles. The standard InChI is InChI=1S/C17H14INO2/c1-19-17(21)14-5-2-12(3-6-14)4-11-16(20)13-7-9-15(18)10-8-13/h2-11H,1H3,(H,19,21)/b11-4+. The van der Waals surface area contributed by atoms with Crippen molar-refractivity contribution >= 4 is 40.4 Å². The van der Waals surface area contributed by atoms with E-state index in [1.807, 2.05) is 36.4 Å². The molecule has 0 radical (unpaired) electrons. The van der Waals surface area contributed by atoms with Gasteiger partial charge in [-0.05, 0) is 58.5 Å². The van der Waals surface area contributed by atoms with Crippen molar-refractivity contribution in [2.24, 2.45) is 0 Å². The normalized spacial score (nSPS) is 10.6. The first-order valence-electron chi connectivity index (χ1n) is 6.40. The van der Waals surface area contributed by atoms with Crippen LogP contribution in [0.2, 0.25) is 0 Å². The fourth-order valence-electron chi connectivity index (χ4n) is 1.77. The predicted molar refractivity (Wildman–Crippen MR) is 92.4 cm³/mol. The fourth-order valence-corrected chi connectivity index (χ4v) is 2.13. The molecule has 0 saturated heterocycles. The molecule has 0 atom stereocenters. The van der Waals surface area contributed by atoms with Crippen molar-refractivity contribution in [3.05, 3.63) is 74.9 Å². The van der Waals surface area contributed by atoms with Gasteiger partial charge in [0.1, 0.15) is 0 Å². The van der Waals surface area contributed by atoms with Gasteiger partial charge >= 0.3 is 0 Å². The first-order chi connectivity index (χ1) is 10.1. The molecule has 4 heteroatoms. The zero-order valence-electron chi connectivity index (χ0n) is 11.5. The van der Waals surface area contributed by atoms with Crippen LogP contribution in [0, 0.1) is 3.57 Å². The van der Waals surface area contributed by atoms with Crippen molar-refractivity contribution in [3.8, 4) is 0 Å². The third-order valence-corrected chi connectivity index (χ3v) is 3.67. The maximum absolute atomic E-state index is 12.0. The van der Waals surface area contributed by atoms with Gasteiger partial charge in [-0.15, -0.1) is 0 Å². The molecule has 0 saturated carbocycles. The van der Waals surface area contributed by atoms with Crippen LogP contribution in [-0.2, 0) is 0 Å². The predicted octanol–water partition coefficient (Wildman–Crippen LogP) is 3.55. The Bertz CT molecular complexity index is 673. The summed E-state index contributed by atoms with van der Waals surface area (Å²) in [6.07, 6.45) is 3.28. The highest BCUT2D eigenvalue weighted by Gasteiger charge is 2.03. The van der Waals surface area contributed by atoms with Gasteiger partial charge in [-0.3, -0.25) is 9.59 Å². The lowest BCUT2D eigenvalue weighted by Gasteiger charge is -2.00. The molecule has 21 heavy (non-hydrogen) atoms. The van der Waals surface area contributed by atoms with Crippen LogP contribution in [0.3, 0.4) is 0 Å². The number of allylic oxidation sites excluding steroid dienone is 1.